The van der Waals surface area contributed by atoms with Crippen molar-refractivity contribution >= 4 is 5.91 Å². The number of amides is 1. The molecule has 23 heavy (non-hydrogen) atoms. The fraction of sp³-hybridized carbons (Fsp3) is 0.200. The number of carbonyl (C=O) groups excluding carboxylic acids is 1. The van der Waals surface area contributed by atoms with Crippen LogP contribution in [0.2, 0.25) is 0 Å². The van der Waals surface area contributed by atoms with Gasteiger partial charge < -0.3 is 4.90 Å². The molecule has 0 aromatic heterocycles. The van der Waals surface area contributed by atoms with E-state index in [1.54, 1.807) is 4.90 Å². The van der Waals surface area contributed by atoms with Crippen LogP contribution >= 0.6 is 0 Å². The summed E-state index contributed by atoms with van der Waals surface area (Å²) in [5.41, 5.74) is 2.79. The van der Waals surface area contributed by atoms with E-state index in [9.17, 15) is 10.1 Å². The van der Waals surface area contributed by atoms with E-state index in [4.69, 9.17) is 0 Å². The summed E-state index contributed by atoms with van der Waals surface area (Å²) in [5, 5.41) is 9.42. The van der Waals surface area contributed by atoms with Crippen molar-refractivity contribution < 1.29 is 4.79 Å². The summed E-state index contributed by atoms with van der Waals surface area (Å²) in [4.78, 5) is 13.5. The zero-order chi connectivity index (χ0) is 16.2. The normalized spacial score (nSPS) is 20.5. The van der Waals surface area contributed by atoms with Crippen molar-refractivity contribution in [1.29, 1.82) is 5.26 Å². The van der Waals surface area contributed by atoms with Crippen molar-refractivity contribution in [2.75, 3.05) is 6.54 Å². The lowest BCUT2D eigenvalue weighted by molar-refractivity contribution is -0.127. The van der Waals surface area contributed by atoms with Crippen LogP contribution in [-0.4, -0.2) is 17.4 Å². The molecule has 0 saturated heterocycles. The summed E-state index contributed by atoms with van der Waals surface area (Å²) in [7, 11) is 0. The molecule has 2 aromatic carbocycles. The van der Waals surface area contributed by atoms with E-state index >= 15 is 0 Å². The molecule has 0 spiro atoms. The first-order chi connectivity index (χ1) is 11.2. The van der Waals surface area contributed by atoms with Crippen molar-refractivity contribution in [3.63, 3.8) is 0 Å². The van der Waals surface area contributed by atoms with E-state index in [0.29, 0.717) is 12.2 Å². The fourth-order valence-electron chi connectivity index (χ4n) is 3.20. The topological polar surface area (TPSA) is 44.1 Å². The minimum atomic E-state index is -0.0924. The van der Waals surface area contributed by atoms with Gasteiger partial charge in [0.25, 0.3) is 0 Å². The summed E-state index contributed by atoms with van der Waals surface area (Å²) in [6.45, 7) is 2.04. The molecule has 1 aliphatic rings. The molecule has 0 saturated carbocycles. The minimum Gasteiger partial charge on any atom is -0.303 e. The Bertz CT molecular complexity index is 759. The highest BCUT2D eigenvalue weighted by Crippen LogP contribution is 2.39. The van der Waals surface area contributed by atoms with Gasteiger partial charge in [0.05, 0.1) is 0 Å². The van der Waals surface area contributed by atoms with Gasteiger partial charge in [0, 0.05) is 25.3 Å². The van der Waals surface area contributed by atoms with Crippen molar-refractivity contribution in [2.24, 2.45) is 0 Å². The van der Waals surface area contributed by atoms with Crippen LogP contribution in [0, 0.1) is 11.3 Å². The third kappa shape index (κ3) is 3.02. The third-order valence-electron chi connectivity index (χ3n) is 4.35. The second-order valence-electron chi connectivity index (χ2n) is 5.75. The lowest BCUT2D eigenvalue weighted by Gasteiger charge is -2.36. The average molecular weight is 302 g/mol. The van der Waals surface area contributed by atoms with E-state index in [1.165, 1.54) is 12.5 Å². The Balaban J connectivity index is 2.10. The number of nitriles is 1. The fourth-order valence-corrected chi connectivity index (χ4v) is 3.20. The smallest absolute Gasteiger partial charge is 0.224 e. The van der Waals surface area contributed by atoms with E-state index in [-0.39, 0.29) is 17.7 Å². The molecule has 0 unspecified atom stereocenters. The zero-order valence-electron chi connectivity index (χ0n) is 13.0. The van der Waals surface area contributed by atoms with Gasteiger partial charge in [0.1, 0.15) is 11.8 Å². The summed E-state index contributed by atoms with van der Waals surface area (Å²) >= 11 is 0. The SMILES string of the molecule is CC(=O)N1C[C@H](c2ccccc2)[C@H](c2ccccc2)C=C1C#N. The quantitative estimate of drug-likeness (QED) is 0.846. The Morgan fingerprint density at radius 1 is 1.04 bits per heavy atom. The van der Waals surface area contributed by atoms with Gasteiger partial charge in [-0.1, -0.05) is 60.7 Å². The van der Waals surface area contributed by atoms with Gasteiger partial charge in [-0.05, 0) is 17.2 Å². The van der Waals surface area contributed by atoms with Gasteiger partial charge in [-0.2, -0.15) is 5.26 Å². The van der Waals surface area contributed by atoms with Crippen molar-refractivity contribution in [3.8, 4) is 6.07 Å². The number of carbonyl (C=O) groups is 1. The number of allylic oxidation sites excluding steroid dienone is 2. The zero-order valence-corrected chi connectivity index (χ0v) is 13.0. The van der Waals surface area contributed by atoms with Gasteiger partial charge in [-0.3, -0.25) is 4.79 Å². The summed E-state index contributed by atoms with van der Waals surface area (Å²) in [5.74, 6) is 0.133. The largest absolute Gasteiger partial charge is 0.303 e. The molecule has 0 fully saturated rings. The average Bonchev–Trinajstić information content (AvgIpc) is 2.62. The van der Waals surface area contributed by atoms with Crippen LogP contribution in [-0.2, 0) is 4.79 Å². The molecule has 0 radical (unpaired) electrons. The number of benzene rings is 2. The first-order valence-electron chi connectivity index (χ1n) is 7.70. The maximum atomic E-state index is 11.9. The standard InChI is InChI=1S/C20H18N2O/c1-15(23)22-14-20(17-10-6-3-7-11-17)19(12-18(22)13-21)16-8-4-2-5-9-16/h2-12,19-20H,14H2,1H3/t19-,20+/m0/s1. The van der Waals surface area contributed by atoms with E-state index in [2.05, 4.69) is 30.3 Å². The molecule has 2 aromatic rings. The molecule has 114 valence electrons. The van der Waals surface area contributed by atoms with Gasteiger partial charge in [-0.25, -0.2) is 0 Å². The molecule has 1 heterocycles. The summed E-state index contributed by atoms with van der Waals surface area (Å²) in [6.07, 6.45) is 1.93. The molecule has 0 aliphatic carbocycles. The van der Waals surface area contributed by atoms with Crippen molar-refractivity contribution in [2.45, 2.75) is 18.8 Å². The van der Waals surface area contributed by atoms with E-state index in [0.717, 1.165) is 5.56 Å². The van der Waals surface area contributed by atoms with Crippen LogP contribution in [0.25, 0.3) is 0 Å². The lowest BCUT2D eigenvalue weighted by Crippen LogP contribution is -2.37. The molecular weight excluding hydrogens is 284 g/mol. The molecule has 1 aliphatic heterocycles. The van der Waals surface area contributed by atoms with E-state index < -0.39 is 0 Å². The van der Waals surface area contributed by atoms with Gasteiger partial charge in [-0.15, -0.1) is 0 Å². The van der Waals surface area contributed by atoms with Crippen molar-refractivity contribution in [1.82, 2.24) is 4.90 Å². The first kappa shape index (κ1) is 15.1. The predicted molar refractivity (Wildman–Crippen MR) is 89.4 cm³/mol. The number of hydrogen-bond donors (Lipinski definition) is 0. The van der Waals surface area contributed by atoms with Crippen LogP contribution in [0.5, 0.6) is 0 Å². The third-order valence-corrected chi connectivity index (χ3v) is 4.35. The molecular formula is C20H18N2O. The van der Waals surface area contributed by atoms with Crippen molar-refractivity contribution in [3.05, 3.63) is 83.6 Å². The molecule has 0 N–H and O–H groups in total. The molecule has 1 amide bonds. The summed E-state index contributed by atoms with van der Waals surface area (Å²) in [6, 6.07) is 22.5. The Kier molecular flexibility index (Phi) is 4.25. The number of hydrogen-bond acceptors (Lipinski definition) is 2. The molecule has 3 heteroatoms. The minimum absolute atomic E-state index is 0.0869. The summed E-state index contributed by atoms with van der Waals surface area (Å²) < 4.78 is 0. The monoisotopic (exact) mass is 302 g/mol. The Hall–Kier alpha value is -2.86. The Morgan fingerprint density at radius 2 is 1.61 bits per heavy atom. The Morgan fingerprint density at radius 3 is 2.13 bits per heavy atom. The highest BCUT2D eigenvalue weighted by Gasteiger charge is 2.33. The first-order valence-corrected chi connectivity index (χ1v) is 7.70. The predicted octanol–water partition coefficient (Wildman–Crippen LogP) is 3.82. The number of rotatable bonds is 2. The number of nitrogens with zero attached hydrogens (tertiary/aromatic N) is 2. The maximum absolute atomic E-state index is 11.9. The van der Waals surface area contributed by atoms with Crippen LogP contribution in [0.4, 0.5) is 0 Å². The lowest BCUT2D eigenvalue weighted by atomic mass is 9.78. The van der Waals surface area contributed by atoms with Gasteiger partial charge in [0.2, 0.25) is 5.91 Å². The van der Waals surface area contributed by atoms with Crippen LogP contribution < -0.4 is 0 Å². The highest BCUT2D eigenvalue weighted by molar-refractivity contribution is 5.76. The highest BCUT2D eigenvalue weighted by atomic mass is 16.2. The molecule has 3 nitrogen and oxygen atoms in total. The van der Waals surface area contributed by atoms with E-state index in [1.807, 2.05) is 42.5 Å². The Labute approximate surface area is 136 Å². The maximum Gasteiger partial charge on any atom is 0.224 e. The van der Waals surface area contributed by atoms with Crippen LogP contribution in [0.15, 0.2) is 72.4 Å². The molecule has 0 bridgehead atoms. The molecule has 2 atom stereocenters. The van der Waals surface area contributed by atoms with Crippen LogP contribution in [0.1, 0.15) is 29.9 Å². The second-order valence-corrected chi connectivity index (χ2v) is 5.75. The molecule has 3 rings (SSSR count). The van der Waals surface area contributed by atoms with Gasteiger partial charge >= 0.3 is 0 Å². The second kappa shape index (κ2) is 6.50. The van der Waals surface area contributed by atoms with Gasteiger partial charge in [0.15, 0.2) is 0 Å². The van der Waals surface area contributed by atoms with Crippen LogP contribution in [0.3, 0.4) is 0 Å².